The van der Waals surface area contributed by atoms with E-state index in [0.717, 1.165) is 11.8 Å². The smallest absolute Gasteiger partial charge is 0.335 e. The van der Waals surface area contributed by atoms with Crippen molar-refractivity contribution in [1.29, 1.82) is 0 Å². The highest BCUT2D eigenvalue weighted by Crippen LogP contribution is 2.38. The van der Waals surface area contributed by atoms with Crippen molar-refractivity contribution in [1.82, 2.24) is 4.90 Å². The molecule has 1 N–H and O–H groups in total. The van der Waals surface area contributed by atoms with Gasteiger partial charge in [-0.2, -0.15) is 0 Å². The molecule has 0 saturated carbocycles. The van der Waals surface area contributed by atoms with E-state index < -0.39 is 5.97 Å². The Morgan fingerprint density at radius 2 is 1.81 bits per heavy atom. The molecule has 1 fully saturated rings. The molecule has 0 radical (unpaired) electrons. The molecular formula is C27H24N2O6S2. The van der Waals surface area contributed by atoms with Crippen LogP contribution in [0.5, 0.6) is 5.75 Å². The highest BCUT2D eigenvalue weighted by molar-refractivity contribution is 8.27. The molecule has 1 aliphatic heterocycles. The van der Waals surface area contributed by atoms with E-state index >= 15 is 0 Å². The SMILES string of the molecule is CCN(CC)C(=O)c1c(OC)cccc1-c1ccc(/C=C2\SC(=S)N(c3ccc(C(=O)O)cc3)C2=O)o1. The maximum absolute atomic E-state index is 13.3. The summed E-state index contributed by atoms with van der Waals surface area (Å²) >= 11 is 6.53. The third-order valence-corrected chi connectivity index (χ3v) is 7.14. The molecule has 1 aromatic heterocycles. The topological polar surface area (TPSA) is 100 Å². The fourth-order valence-corrected chi connectivity index (χ4v) is 5.22. The van der Waals surface area contributed by atoms with Gasteiger partial charge >= 0.3 is 5.97 Å². The summed E-state index contributed by atoms with van der Waals surface area (Å²) in [6, 6.07) is 14.7. The molecule has 0 unspecified atom stereocenters. The number of carbonyl (C=O) groups excluding carboxylic acids is 2. The van der Waals surface area contributed by atoms with Crippen LogP contribution < -0.4 is 9.64 Å². The first-order valence-corrected chi connectivity index (χ1v) is 12.7. The lowest BCUT2D eigenvalue weighted by atomic mass is 10.0. The summed E-state index contributed by atoms with van der Waals surface area (Å²) in [5, 5.41) is 9.11. The third-order valence-electron chi connectivity index (χ3n) is 5.84. The van der Waals surface area contributed by atoms with Gasteiger partial charge in [-0.25, -0.2) is 4.79 Å². The zero-order valence-electron chi connectivity index (χ0n) is 20.4. The number of anilines is 1. The van der Waals surface area contributed by atoms with Gasteiger partial charge in [-0.05, 0) is 56.3 Å². The second-order valence-corrected chi connectivity index (χ2v) is 9.61. The number of benzene rings is 2. The van der Waals surface area contributed by atoms with Crippen LogP contribution in [0.15, 0.2) is 63.9 Å². The normalized spacial score (nSPS) is 14.4. The molecule has 0 aliphatic carbocycles. The van der Waals surface area contributed by atoms with E-state index in [2.05, 4.69) is 0 Å². The summed E-state index contributed by atoms with van der Waals surface area (Å²) < 4.78 is 11.8. The van der Waals surface area contributed by atoms with E-state index in [1.54, 1.807) is 53.4 Å². The zero-order valence-corrected chi connectivity index (χ0v) is 22.0. The summed E-state index contributed by atoms with van der Waals surface area (Å²) in [6.07, 6.45) is 1.60. The maximum atomic E-state index is 13.3. The molecule has 2 amide bonds. The van der Waals surface area contributed by atoms with Gasteiger partial charge in [0, 0.05) is 24.7 Å². The number of carbonyl (C=O) groups is 3. The van der Waals surface area contributed by atoms with Gasteiger partial charge in [0.05, 0.1) is 28.8 Å². The minimum atomic E-state index is -1.05. The summed E-state index contributed by atoms with van der Waals surface area (Å²) in [4.78, 5) is 40.9. The van der Waals surface area contributed by atoms with Crippen molar-refractivity contribution < 1.29 is 28.6 Å². The van der Waals surface area contributed by atoms with Crippen molar-refractivity contribution >= 4 is 57.8 Å². The lowest BCUT2D eigenvalue weighted by Gasteiger charge is -2.21. The van der Waals surface area contributed by atoms with E-state index in [9.17, 15) is 14.4 Å². The molecule has 190 valence electrons. The van der Waals surface area contributed by atoms with Crippen LogP contribution >= 0.6 is 24.0 Å². The second kappa shape index (κ2) is 11.0. The van der Waals surface area contributed by atoms with Crippen molar-refractivity contribution in [2.45, 2.75) is 13.8 Å². The molecule has 2 heterocycles. The molecule has 0 atom stereocenters. The molecule has 4 rings (SSSR count). The number of methoxy groups -OCH3 is 1. The van der Waals surface area contributed by atoms with Crippen molar-refractivity contribution in [3.63, 3.8) is 0 Å². The molecule has 8 nitrogen and oxygen atoms in total. The number of amides is 2. The van der Waals surface area contributed by atoms with E-state index in [1.165, 1.54) is 24.1 Å². The number of ether oxygens (including phenoxy) is 1. The Balaban J connectivity index is 1.64. The van der Waals surface area contributed by atoms with Gasteiger partial charge < -0.3 is 19.2 Å². The zero-order chi connectivity index (χ0) is 26.7. The Kier molecular flexibility index (Phi) is 7.80. The van der Waals surface area contributed by atoms with Gasteiger partial charge in [0.15, 0.2) is 4.32 Å². The van der Waals surface area contributed by atoms with Gasteiger partial charge in [0.25, 0.3) is 11.8 Å². The number of furan rings is 1. The molecule has 1 aliphatic rings. The second-order valence-electron chi connectivity index (χ2n) is 7.93. The molecule has 1 saturated heterocycles. The maximum Gasteiger partial charge on any atom is 0.335 e. The third kappa shape index (κ3) is 5.16. The number of thiocarbonyl (C=S) groups is 1. The molecular weight excluding hydrogens is 512 g/mol. The van der Waals surface area contributed by atoms with Crippen LogP contribution in [0.1, 0.15) is 40.3 Å². The quantitative estimate of drug-likeness (QED) is 0.296. The highest BCUT2D eigenvalue weighted by Gasteiger charge is 2.34. The van der Waals surface area contributed by atoms with Crippen molar-refractivity contribution in [2.24, 2.45) is 0 Å². The Morgan fingerprint density at radius 1 is 1.11 bits per heavy atom. The Hall–Kier alpha value is -3.89. The van der Waals surface area contributed by atoms with E-state index in [0.29, 0.717) is 56.4 Å². The first-order valence-electron chi connectivity index (χ1n) is 11.5. The molecule has 0 spiro atoms. The number of hydrogen-bond acceptors (Lipinski definition) is 7. The first-order chi connectivity index (χ1) is 17.8. The molecule has 2 aromatic carbocycles. The van der Waals surface area contributed by atoms with Gasteiger partial charge in [-0.3, -0.25) is 14.5 Å². The average Bonchev–Trinajstić information content (AvgIpc) is 3.47. The summed E-state index contributed by atoms with van der Waals surface area (Å²) in [5.74, 6) is -0.230. The first kappa shape index (κ1) is 26.2. The van der Waals surface area contributed by atoms with Crippen LogP contribution in [0, 0.1) is 0 Å². The number of carboxylic acid groups (broad SMARTS) is 1. The summed E-state index contributed by atoms with van der Waals surface area (Å²) in [6.45, 7) is 4.94. The van der Waals surface area contributed by atoms with Gasteiger partial charge in [-0.1, -0.05) is 36.1 Å². The van der Waals surface area contributed by atoms with E-state index in [4.69, 9.17) is 26.5 Å². The minimum Gasteiger partial charge on any atom is -0.496 e. The number of nitrogens with zero attached hydrogens (tertiary/aromatic N) is 2. The van der Waals surface area contributed by atoms with Crippen LogP contribution in [0.2, 0.25) is 0 Å². The highest BCUT2D eigenvalue weighted by atomic mass is 32.2. The van der Waals surface area contributed by atoms with Gasteiger partial charge in [0.2, 0.25) is 0 Å². The number of carboxylic acids is 1. The van der Waals surface area contributed by atoms with Crippen LogP contribution in [0.25, 0.3) is 17.4 Å². The fraction of sp³-hybridized carbons (Fsp3) is 0.185. The van der Waals surface area contributed by atoms with Crippen molar-refractivity contribution in [2.75, 3.05) is 25.1 Å². The number of aromatic carboxylic acids is 1. The monoisotopic (exact) mass is 536 g/mol. The van der Waals surface area contributed by atoms with E-state index in [-0.39, 0.29) is 17.4 Å². The standard InChI is InChI=1S/C27H24N2O6S2/c1-4-28(5-2)25(31)23-19(7-6-8-21(23)34-3)20-14-13-18(35-20)15-22-24(30)29(27(36)37-22)17-11-9-16(10-12-17)26(32)33/h6-15H,4-5H2,1-3H3,(H,32,33)/b22-15-. The largest absolute Gasteiger partial charge is 0.496 e. The molecule has 10 heteroatoms. The molecule has 3 aromatic rings. The predicted molar refractivity (Wildman–Crippen MR) is 147 cm³/mol. The number of thioether (sulfide) groups is 1. The lowest BCUT2D eigenvalue weighted by Crippen LogP contribution is -2.31. The Morgan fingerprint density at radius 3 is 2.43 bits per heavy atom. The van der Waals surface area contributed by atoms with Crippen LogP contribution in [0.3, 0.4) is 0 Å². The number of rotatable bonds is 8. The Labute approximate surface area is 223 Å². The van der Waals surface area contributed by atoms with Crippen LogP contribution in [0.4, 0.5) is 5.69 Å². The Bertz CT molecular complexity index is 1410. The van der Waals surface area contributed by atoms with Crippen molar-refractivity contribution in [3.8, 4) is 17.1 Å². The van der Waals surface area contributed by atoms with Gasteiger partial charge in [-0.15, -0.1) is 0 Å². The predicted octanol–water partition coefficient (Wildman–Crippen LogP) is 5.54. The number of hydrogen-bond donors (Lipinski definition) is 1. The summed E-state index contributed by atoms with van der Waals surface area (Å²) in [5.41, 5.74) is 1.59. The van der Waals surface area contributed by atoms with Crippen LogP contribution in [-0.2, 0) is 4.79 Å². The fourth-order valence-electron chi connectivity index (χ4n) is 3.94. The van der Waals surface area contributed by atoms with E-state index in [1.807, 2.05) is 13.8 Å². The molecule has 0 bridgehead atoms. The van der Waals surface area contributed by atoms with Crippen LogP contribution in [-0.4, -0.2) is 52.3 Å². The average molecular weight is 537 g/mol. The molecule has 37 heavy (non-hydrogen) atoms. The minimum absolute atomic E-state index is 0.115. The lowest BCUT2D eigenvalue weighted by molar-refractivity contribution is -0.113. The van der Waals surface area contributed by atoms with Crippen molar-refractivity contribution in [3.05, 3.63) is 76.4 Å². The van der Waals surface area contributed by atoms with Gasteiger partial charge in [0.1, 0.15) is 17.3 Å². The summed E-state index contributed by atoms with van der Waals surface area (Å²) in [7, 11) is 1.52.